The second-order valence-electron chi connectivity index (χ2n) is 4.87. The Bertz CT molecular complexity index is 418. The molecule has 112 valence electrons. The number of aliphatic imine (C=N–C) groups is 1. The molecule has 0 spiro atoms. The minimum Gasteiger partial charge on any atom is -0.475 e. The van der Waals surface area contributed by atoms with Crippen molar-refractivity contribution >= 4 is 5.96 Å². The Morgan fingerprint density at radius 3 is 2.70 bits per heavy atom. The molecule has 1 atom stereocenters. The van der Waals surface area contributed by atoms with E-state index < -0.39 is 0 Å². The van der Waals surface area contributed by atoms with E-state index in [1.165, 1.54) is 0 Å². The number of hydrogen-bond acceptors (Lipinski definition) is 4. The van der Waals surface area contributed by atoms with E-state index in [4.69, 9.17) is 15.2 Å². The molecule has 0 aliphatic carbocycles. The number of pyridine rings is 1. The Morgan fingerprint density at radius 2 is 2.15 bits per heavy atom. The first-order valence-corrected chi connectivity index (χ1v) is 6.68. The van der Waals surface area contributed by atoms with Gasteiger partial charge in [-0.05, 0) is 26.3 Å². The molecule has 0 radical (unpaired) electrons. The Labute approximate surface area is 120 Å². The molecule has 6 heteroatoms. The lowest BCUT2D eigenvalue weighted by molar-refractivity contribution is 0.179. The van der Waals surface area contributed by atoms with Crippen molar-refractivity contribution in [2.75, 3.05) is 13.7 Å². The molecule has 0 saturated carbocycles. The summed E-state index contributed by atoms with van der Waals surface area (Å²) in [6, 6.07) is 3.89. The highest BCUT2D eigenvalue weighted by Gasteiger charge is 2.02. The summed E-state index contributed by atoms with van der Waals surface area (Å²) in [6.45, 7) is 6.97. The van der Waals surface area contributed by atoms with E-state index in [1.54, 1.807) is 13.3 Å². The quantitative estimate of drug-likeness (QED) is 0.581. The van der Waals surface area contributed by atoms with Crippen LogP contribution in [0.2, 0.25) is 0 Å². The van der Waals surface area contributed by atoms with Crippen molar-refractivity contribution in [3.8, 4) is 5.88 Å². The number of methoxy groups -OCH3 is 1. The van der Waals surface area contributed by atoms with E-state index in [0.29, 0.717) is 25.0 Å². The maximum Gasteiger partial charge on any atom is 0.213 e. The Kier molecular flexibility index (Phi) is 6.79. The van der Waals surface area contributed by atoms with Gasteiger partial charge < -0.3 is 20.5 Å². The molecule has 1 aromatic heterocycles. The van der Waals surface area contributed by atoms with Crippen molar-refractivity contribution in [2.24, 2.45) is 10.7 Å². The summed E-state index contributed by atoms with van der Waals surface area (Å²) < 4.78 is 10.5. The Hall–Kier alpha value is -1.82. The van der Waals surface area contributed by atoms with Crippen LogP contribution in [0.1, 0.15) is 26.3 Å². The van der Waals surface area contributed by atoms with Gasteiger partial charge in [0.2, 0.25) is 5.88 Å². The third-order valence-electron chi connectivity index (χ3n) is 2.40. The second kappa shape index (κ2) is 8.37. The van der Waals surface area contributed by atoms with E-state index >= 15 is 0 Å². The molecule has 0 saturated heterocycles. The van der Waals surface area contributed by atoms with Crippen LogP contribution in [0.4, 0.5) is 0 Å². The fourth-order valence-corrected chi connectivity index (χ4v) is 1.58. The first-order valence-electron chi connectivity index (χ1n) is 6.68. The van der Waals surface area contributed by atoms with Gasteiger partial charge in [0, 0.05) is 25.4 Å². The fraction of sp³-hybridized carbons (Fsp3) is 0.571. The third-order valence-corrected chi connectivity index (χ3v) is 2.40. The molecule has 1 rings (SSSR count). The number of aromatic nitrogens is 1. The number of ether oxygens (including phenoxy) is 2. The summed E-state index contributed by atoms with van der Waals surface area (Å²) in [4.78, 5) is 8.47. The molecule has 1 aromatic rings. The first-order chi connectivity index (χ1) is 9.51. The van der Waals surface area contributed by atoms with Gasteiger partial charge in [-0.15, -0.1) is 0 Å². The van der Waals surface area contributed by atoms with Crippen LogP contribution < -0.4 is 15.8 Å². The largest absolute Gasteiger partial charge is 0.475 e. The van der Waals surface area contributed by atoms with Crippen LogP contribution in [0, 0.1) is 0 Å². The topological polar surface area (TPSA) is 81.8 Å². The molecule has 0 bridgehead atoms. The van der Waals surface area contributed by atoms with Crippen molar-refractivity contribution in [1.29, 1.82) is 0 Å². The van der Waals surface area contributed by atoms with Crippen LogP contribution >= 0.6 is 0 Å². The number of guanidine groups is 1. The number of nitrogens with one attached hydrogen (secondary N) is 1. The minimum absolute atomic E-state index is 0.119. The number of nitrogens with two attached hydrogens (primary N) is 1. The molecular formula is C14H24N4O2. The van der Waals surface area contributed by atoms with Gasteiger partial charge in [-0.25, -0.2) is 9.98 Å². The molecule has 20 heavy (non-hydrogen) atoms. The third kappa shape index (κ3) is 6.38. The van der Waals surface area contributed by atoms with E-state index in [0.717, 1.165) is 5.56 Å². The SMILES string of the molecule is COCC(C)NC(N)=NCc1ccc(OC(C)C)nc1. The minimum atomic E-state index is 0.119. The zero-order chi connectivity index (χ0) is 15.0. The predicted octanol–water partition coefficient (Wildman–Crippen LogP) is 1.31. The normalized spacial score (nSPS) is 13.3. The fourth-order valence-electron chi connectivity index (χ4n) is 1.58. The molecule has 1 unspecified atom stereocenters. The van der Waals surface area contributed by atoms with Gasteiger partial charge in [-0.1, -0.05) is 6.07 Å². The molecule has 1 heterocycles. The highest BCUT2D eigenvalue weighted by molar-refractivity contribution is 5.78. The van der Waals surface area contributed by atoms with Gasteiger partial charge in [0.05, 0.1) is 19.3 Å². The highest BCUT2D eigenvalue weighted by Crippen LogP contribution is 2.10. The van der Waals surface area contributed by atoms with Crippen LogP contribution in [-0.4, -0.2) is 36.8 Å². The summed E-state index contributed by atoms with van der Waals surface area (Å²) in [7, 11) is 1.65. The lowest BCUT2D eigenvalue weighted by Gasteiger charge is -2.13. The first kappa shape index (κ1) is 16.2. The van der Waals surface area contributed by atoms with Crippen LogP contribution in [0.25, 0.3) is 0 Å². The summed E-state index contributed by atoms with van der Waals surface area (Å²) in [5, 5.41) is 3.05. The predicted molar refractivity (Wildman–Crippen MR) is 79.8 cm³/mol. The van der Waals surface area contributed by atoms with E-state index in [1.807, 2.05) is 32.9 Å². The van der Waals surface area contributed by atoms with Crippen LogP contribution in [0.5, 0.6) is 5.88 Å². The smallest absolute Gasteiger partial charge is 0.213 e. The molecule has 0 amide bonds. The zero-order valence-electron chi connectivity index (χ0n) is 12.6. The summed E-state index contributed by atoms with van der Waals surface area (Å²) in [5.74, 6) is 1.02. The lowest BCUT2D eigenvalue weighted by Crippen LogP contribution is -2.40. The Balaban J connectivity index is 2.48. The average molecular weight is 280 g/mol. The monoisotopic (exact) mass is 280 g/mol. The standard InChI is InChI=1S/C14H24N4O2/c1-10(2)20-13-6-5-12(7-16-13)8-17-14(15)18-11(3)9-19-4/h5-7,10-11H,8-9H2,1-4H3,(H3,15,17,18). The molecular weight excluding hydrogens is 256 g/mol. The van der Waals surface area contributed by atoms with Crippen LogP contribution in [0.3, 0.4) is 0 Å². The Morgan fingerprint density at radius 1 is 1.40 bits per heavy atom. The van der Waals surface area contributed by atoms with Crippen LogP contribution in [0.15, 0.2) is 23.3 Å². The number of nitrogens with zero attached hydrogens (tertiary/aromatic N) is 2. The summed E-state index contributed by atoms with van der Waals surface area (Å²) in [6.07, 6.45) is 1.86. The number of hydrogen-bond donors (Lipinski definition) is 2. The van der Waals surface area contributed by atoms with Gasteiger partial charge >= 0.3 is 0 Å². The molecule has 0 fully saturated rings. The van der Waals surface area contributed by atoms with Crippen LogP contribution in [-0.2, 0) is 11.3 Å². The zero-order valence-corrected chi connectivity index (χ0v) is 12.6. The van der Waals surface area contributed by atoms with Gasteiger partial charge in [0.1, 0.15) is 0 Å². The maximum atomic E-state index is 5.79. The van der Waals surface area contributed by atoms with Crippen molar-refractivity contribution in [1.82, 2.24) is 10.3 Å². The van der Waals surface area contributed by atoms with Crippen molar-refractivity contribution < 1.29 is 9.47 Å². The molecule has 0 aromatic carbocycles. The lowest BCUT2D eigenvalue weighted by atomic mass is 10.3. The molecule has 6 nitrogen and oxygen atoms in total. The summed E-state index contributed by atoms with van der Waals surface area (Å²) >= 11 is 0. The van der Waals surface area contributed by atoms with E-state index in [2.05, 4.69) is 15.3 Å². The van der Waals surface area contributed by atoms with E-state index in [-0.39, 0.29) is 12.1 Å². The maximum absolute atomic E-state index is 5.79. The second-order valence-corrected chi connectivity index (χ2v) is 4.87. The van der Waals surface area contributed by atoms with Gasteiger partial charge in [0.15, 0.2) is 5.96 Å². The number of rotatable bonds is 7. The van der Waals surface area contributed by atoms with Gasteiger partial charge in [0.25, 0.3) is 0 Å². The van der Waals surface area contributed by atoms with E-state index in [9.17, 15) is 0 Å². The summed E-state index contributed by atoms with van der Waals surface area (Å²) in [5.41, 5.74) is 6.76. The van der Waals surface area contributed by atoms with Crippen molar-refractivity contribution in [3.05, 3.63) is 23.9 Å². The molecule has 3 N–H and O–H groups in total. The molecule has 0 aliphatic heterocycles. The molecule has 0 aliphatic rings. The highest BCUT2D eigenvalue weighted by atomic mass is 16.5. The van der Waals surface area contributed by atoms with Gasteiger partial charge in [-0.3, -0.25) is 0 Å². The average Bonchev–Trinajstić information content (AvgIpc) is 2.37. The van der Waals surface area contributed by atoms with Crippen molar-refractivity contribution in [2.45, 2.75) is 39.5 Å². The van der Waals surface area contributed by atoms with Gasteiger partial charge in [-0.2, -0.15) is 0 Å². The van der Waals surface area contributed by atoms with Crippen molar-refractivity contribution in [3.63, 3.8) is 0 Å².